The van der Waals surface area contributed by atoms with E-state index in [1.807, 2.05) is 12.1 Å². The largest absolute Gasteiger partial charge is 0.495 e. The molecule has 1 aliphatic rings. The summed E-state index contributed by atoms with van der Waals surface area (Å²) in [4.78, 5) is 2.27. The monoisotopic (exact) mass is 312 g/mol. The number of halogens is 1. The van der Waals surface area contributed by atoms with Crippen LogP contribution in [0.2, 0.25) is 0 Å². The fourth-order valence-electron chi connectivity index (χ4n) is 2.43. The summed E-state index contributed by atoms with van der Waals surface area (Å²) in [5.74, 6) is 0.931. The van der Waals surface area contributed by atoms with Gasteiger partial charge in [-0.1, -0.05) is 15.9 Å². The summed E-state index contributed by atoms with van der Waals surface area (Å²) >= 11 is 3.52. The van der Waals surface area contributed by atoms with Crippen LogP contribution in [-0.2, 0) is 0 Å². The molecule has 1 N–H and O–H groups in total. The molecule has 1 heterocycles. The zero-order chi connectivity index (χ0) is 13.0. The minimum absolute atomic E-state index is 0.686. The molecular weight excluding hydrogens is 292 g/mol. The van der Waals surface area contributed by atoms with Gasteiger partial charge in [0.25, 0.3) is 0 Å². The zero-order valence-corrected chi connectivity index (χ0v) is 12.7. The molecule has 4 heteroatoms. The minimum Gasteiger partial charge on any atom is -0.495 e. The predicted octanol–water partition coefficient (Wildman–Crippen LogP) is 3.04. The van der Waals surface area contributed by atoms with Gasteiger partial charge in [0.1, 0.15) is 5.75 Å². The average Bonchev–Trinajstić information content (AvgIpc) is 2.89. The van der Waals surface area contributed by atoms with Crippen molar-refractivity contribution in [2.45, 2.75) is 25.3 Å². The lowest BCUT2D eigenvalue weighted by Crippen LogP contribution is -2.28. The molecule has 1 atom stereocenters. The van der Waals surface area contributed by atoms with Crippen LogP contribution in [0.25, 0.3) is 0 Å². The Morgan fingerprint density at radius 1 is 1.50 bits per heavy atom. The molecule has 1 fully saturated rings. The van der Waals surface area contributed by atoms with E-state index in [1.54, 1.807) is 7.11 Å². The maximum absolute atomic E-state index is 5.42. The van der Waals surface area contributed by atoms with Crippen molar-refractivity contribution in [3.05, 3.63) is 22.7 Å². The SMILES string of the molecule is COc1ccc(Br)cc1N(C)CCC1CCCN1. The fourth-order valence-corrected chi connectivity index (χ4v) is 2.78. The Balaban J connectivity index is 1.98. The molecule has 0 radical (unpaired) electrons. The highest BCUT2D eigenvalue weighted by Gasteiger charge is 2.15. The van der Waals surface area contributed by atoms with Crippen LogP contribution in [0.15, 0.2) is 22.7 Å². The van der Waals surface area contributed by atoms with Gasteiger partial charge in [0.2, 0.25) is 0 Å². The number of methoxy groups -OCH3 is 1. The molecule has 1 aliphatic heterocycles. The first-order valence-electron chi connectivity index (χ1n) is 6.49. The van der Waals surface area contributed by atoms with Gasteiger partial charge in [-0.15, -0.1) is 0 Å². The van der Waals surface area contributed by atoms with Crippen LogP contribution in [0, 0.1) is 0 Å². The Morgan fingerprint density at radius 2 is 2.33 bits per heavy atom. The number of nitrogens with zero attached hydrogens (tertiary/aromatic N) is 1. The topological polar surface area (TPSA) is 24.5 Å². The van der Waals surface area contributed by atoms with Gasteiger partial charge in [-0.3, -0.25) is 0 Å². The number of benzene rings is 1. The Morgan fingerprint density at radius 3 is 3.00 bits per heavy atom. The summed E-state index contributed by atoms with van der Waals surface area (Å²) in [6.07, 6.45) is 3.81. The summed E-state index contributed by atoms with van der Waals surface area (Å²) in [5.41, 5.74) is 1.14. The van der Waals surface area contributed by atoms with Crippen LogP contribution in [0.1, 0.15) is 19.3 Å². The number of ether oxygens (including phenoxy) is 1. The zero-order valence-electron chi connectivity index (χ0n) is 11.1. The van der Waals surface area contributed by atoms with Gasteiger partial charge >= 0.3 is 0 Å². The molecule has 3 nitrogen and oxygen atoms in total. The molecule has 100 valence electrons. The third-order valence-corrected chi connectivity index (χ3v) is 4.02. The number of hydrogen-bond donors (Lipinski definition) is 1. The second-order valence-electron chi connectivity index (χ2n) is 4.82. The summed E-state index contributed by atoms with van der Waals surface area (Å²) in [7, 11) is 3.85. The fraction of sp³-hybridized carbons (Fsp3) is 0.571. The van der Waals surface area contributed by atoms with Crippen LogP contribution in [-0.4, -0.2) is 33.3 Å². The molecule has 18 heavy (non-hydrogen) atoms. The lowest BCUT2D eigenvalue weighted by molar-refractivity contribution is 0.414. The van der Waals surface area contributed by atoms with Gasteiger partial charge in [-0.05, 0) is 44.0 Å². The molecule has 1 unspecified atom stereocenters. The van der Waals surface area contributed by atoms with E-state index in [4.69, 9.17) is 4.74 Å². The van der Waals surface area contributed by atoms with E-state index in [0.717, 1.165) is 22.5 Å². The van der Waals surface area contributed by atoms with Crippen molar-refractivity contribution in [3.63, 3.8) is 0 Å². The molecular formula is C14H21BrN2O. The van der Waals surface area contributed by atoms with Gasteiger partial charge in [0, 0.05) is 24.1 Å². The lowest BCUT2D eigenvalue weighted by Gasteiger charge is -2.23. The number of nitrogens with one attached hydrogen (secondary N) is 1. The first-order chi connectivity index (χ1) is 8.70. The van der Waals surface area contributed by atoms with Crippen LogP contribution in [0.5, 0.6) is 5.75 Å². The minimum atomic E-state index is 0.686. The van der Waals surface area contributed by atoms with Gasteiger partial charge < -0.3 is 15.0 Å². The maximum Gasteiger partial charge on any atom is 0.142 e. The van der Waals surface area contributed by atoms with Crippen molar-refractivity contribution in [2.75, 3.05) is 32.1 Å². The Bertz CT molecular complexity index is 391. The second-order valence-corrected chi connectivity index (χ2v) is 5.74. The molecule has 1 saturated heterocycles. The van der Waals surface area contributed by atoms with Crippen molar-refractivity contribution in [3.8, 4) is 5.75 Å². The summed E-state index contributed by atoms with van der Waals surface area (Å²) in [6, 6.07) is 6.81. The van der Waals surface area contributed by atoms with E-state index >= 15 is 0 Å². The highest BCUT2D eigenvalue weighted by Crippen LogP contribution is 2.30. The van der Waals surface area contributed by atoms with E-state index < -0.39 is 0 Å². The second kappa shape index (κ2) is 6.43. The first-order valence-corrected chi connectivity index (χ1v) is 7.28. The number of rotatable bonds is 5. The van der Waals surface area contributed by atoms with Crippen molar-refractivity contribution in [1.82, 2.24) is 5.32 Å². The third kappa shape index (κ3) is 3.39. The van der Waals surface area contributed by atoms with E-state index in [2.05, 4.69) is 39.3 Å². The van der Waals surface area contributed by atoms with Crippen molar-refractivity contribution >= 4 is 21.6 Å². The van der Waals surface area contributed by atoms with Crippen LogP contribution in [0.4, 0.5) is 5.69 Å². The summed E-state index contributed by atoms with van der Waals surface area (Å²) < 4.78 is 6.50. The normalized spacial score (nSPS) is 18.9. The Hall–Kier alpha value is -0.740. The van der Waals surface area contributed by atoms with Crippen molar-refractivity contribution in [2.24, 2.45) is 0 Å². The van der Waals surface area contributed by atoms with Crippen molar-refractivity contribution < 1.29 is 4.74 Å². The van der Waals surface area contributed by atoms with Gasteiger partial charge in [-0.2, -0.15) is 0 Å². The quantitative estimate of drug-likeness (QED) is 0.904. The van der Waals surface area contributed by atoms with Crippen LogP contribution < -0.4 is 15.0 Å². The Kier molecular flexibility index (Phi) is 4.89. The van der Waals surface area contributed by atoms with Gasteiger partial charge in [0.15, 0.2) is 0 Å². The molecule has 0 aromatic heterocycles. The van der Waals surface area contributed by atoms with Crippen LogP contribution >= 0.6 is 15.9 Å². The number of anilines is 1. The molecule has 1 aromatic rings. The average molecular weight is 313 g/mol. The highest BCUT2D eigenvalue weighted by atomic mass is 79.9. The molecule has 0 saturated carbocycles. The van der Waals surface area contributed by atoms with E-state index in [9.17, 15) is 0 Å². The highest BCUT2D eigenvalue weighted by molar-refractivity contribution is 9.10. The number of hydrogen-bond acceptors (Lipinski definition) is 3. The molecule has 0 spiro atoms. The van der Waals surface area contributed by atoms with Gasteiger partial charge in [-0.25, -0.2) is 0 Å². The Labute approximate surface area is 118 Å². The summed E-state index contributed by atoms with van der Waals surface area (Å²) in [6.45, 7) is 2.22. The van der Waals surface area contributed by atoms with E-state index in [-0.39, 0.29) is 0 Å². The van der Waals surface area contributed by atoms with E-state index in [1.165, 1.54) is 25.8 Å². The van der Waals surface area contributed by atoms with Crippen molar-refractivity contribution in [1.29, 1.82) is 0 Å². The predicted molar refractivity (Wildman–Crippen MR) is 79.6 cm³/mol. The van der Waals surface area contributed by atoms with Gasteiger partial charge in [0.05, 0.1) is 12.8 Å². The molecule has 0 bridgehead atoms. The molecule has 2 rings (SSSR count). The third-order valence-electron chi connectivity index (χ3n) is 3.53. The summed E-state index contributed by atoms with van der Waals surface area (Å²) in [5, 5.41) is 3.54. The molecule has 1 aromatic carbocycles. The first kappa shape index (κ1) is 13.7. The standard InChI is InChI=1S/C14H21BrN2O/c1-17(9-7-12-4-3-8-16-12)13-10-11(15)5-6-14(13)18-2/h5-6,10,12,16H,3-4,7-9H2,1-2H3. The lowest BCUT2D eigenvalue weighted by atomic mass is 10.1. The van der Waals surface area contributed by atoms with Crippen LogP contribution in [0.3, 0.4) is 0 Å². The molecule has 0 amide bonds. The molecule has 0 aliphatic carbocycles. The maximum atomic E-state index is 5.42. The smallest absolute Gasteiger partial charge is 0.142 e. The van der Waals surface area contributed by atoms with E-state index in [0.29, 0.717) is 6.04 Å².